The van der Waals surface area contributed by atoms with Gasteiger partial charge in [0.05, 0.1) is 5.60 Å². The minimum absolute atomic E-state index is 0.0386. The summed E-state index contributed by atoms with van der Waals surface area (Å²) in [5, 5.41) is 11.5. The Bertz CT molecular complexity index is 641. The standard InChI is InChI=1S/C17H22N2O2/c1-18(13-17(21)9-4-5-10-17)16(20)12-19-11-8-14-6-2-3-7-15(14)19/h2-3,6-8,11,21H,4-5,9-10,12-13H2,1H3. The number of amides is 1. The van der Waals surface area contributed by atoms with Crippen LogP contribution in [0.3, 0.4) is 0 Å². The predicted molar refractivity (Wildman–Crippen MR) is 83.0 cm³/mol. The number of hydrogen-bond acceptors (Lipinski definition) is 2. The highest BCUT2D eigenvalue weighted by molar-refractivity contribution is 5.83. The second-order valence-electron chi connectivity index (χ2n) is 6.18. The molecule has 1 amide bonds. The third-order valence-electron chi connectivity index (χ3n) is 4.48. The molecule has 1 heterocycles. The third kappa shape index (κ3) is 2.95. The van der Waals surface area contributed by atoms with Gasteiger partial charge in [0.15, 0.2) is 0 Å². The number of aromatic nitrogens is 1. The molecule has 3 rings (SSSR count). The molecule has 1 N–H and O–H groups in total. The van der Waals surface area contributed by atoms with Crippen LogP contribution >= 0.6 is 0 Å². The molecule has 1 aromatic carbocycles. The van der Waals surface area contributed by atoms with Gasteiger partial charge in [-0.2, -0.15) is 0 Å². The Morgan fingerprint density at radius 3 is 2.76 bits per heavy atom. The number of benzene rings is 1. The molecule has 2 aromatic rings. The maximum absolute atomic E-state index is 12.4. The Morgan fingerprint density at radius 1 is 1.29 bits per heavy atom. The average molecular weight is 286 g/mol. The highest BCUT2D eigenvalue weighted by Crippen LogP contribution is 2.30. The largest absolute Gasteiger partial charge is 0.388 e. The Hall–Kier alpha value is -1.81. The van der Waals surface area contributed by atoms with Crippen molar-refractivity contribution < 1.29 is 9.90 Å². The zero-order valence-electron chi connectivity index (χ0n) is 12.5. The minimum atomic E-state index is -0.677. The van der Waals surface area contributed by atoms with Crippen molar-refractivity contribution in [3.63, 3.8) is 0 Å². The molecule has 0 radical (unpaired) electrons. The first-order chi connectivity index (χ1) is 10.1. The number of likely N-dealkylation sites (N-methyl/N-ethyl adjacent to an activating group) is 1. The number of carbonyl (C=O) groups is 1. The van der Waals surface area contributed by atoms with Gasteiger partial charge in [-0.05, 0) is 30.4 Å². The van der Waals surface area contributed by atoms with E-state index in [0.29, 0.717) is 13.1 Å². The average Bonchev–Trinajstić information content (AvgIpc) is 3.06. The Kier molecular flexibility index (Phi) is 3.72. The Labute approximate surface area is 125 Å². The molecule has 1 aliphatic rings. The summed E-state index contributed by atoms with van der Waals surface area (Å²) in [6, 6.07) is 10.1. The van der Waals surface area contributed by atoms with Crippen LogP contribution in [0.2, 0.25) is 0 Å². The van der Waals surface area contributed by atoms with Gasteiger partial charge in [-0.15, -0.1) is 0 Å². The van der Waals surface area contributed by atoms with E-state index in [0.717, 1.165) is 36.6 Å². The molecule has 4 nitrogen and oxygen atoms in total. The zero-order valence-corrected chi connectivity index (χ0v) is 12.5. The molecule has 112 valence electrons. The van der Waals surface area contributed by atoms with Gasteiger partial charge < -0.3 is 14.6 Å². The molecule has 1 fully saturated rings. The monoisotopic (exact) mass is 286 g/mol. The Morgan fingerprint density at radius 2 is 2.00 bits per heavy atom. The molecule has 4 heteroatoms. The van der Waals surface area contributed by atoms with Crippen LogP contribution in [-0.4, -0.2) is 39.7 Å². The first-order valence-corrected chi connectivity index (χ1v) is 7.58. The van der Waals surface area contributed by atoms with Crippen LogP contribution in [0.1, 0.15) is 25.7 Å². The molecule has 0 spiro atoms. The fourth-order valence-electron chi connectivity index (χ4n) is 3.27. The lowest BCUT2D eigenvalue weighted by molar-refractivity contribution is -0.133. The Balaban J connectivity index is 1.68. The summed E-state index contributed by atoms with van der Waals surface area (Å²) in [7, 11) is 1.78. The summed E-state index contributed by atoms with van der Waals surface area (Å²) < 4.78 is 1.97. The van der Waals surface area contributed by atoms with Crippen molar-refractivity contribution >= 4 is 16.8 Å². The molecular weight excluding hydrogens is 264 g/mol. The van der Waals surface area contributed by atoms with Crippen molar-refractivity contribution in [2.75, 3.05) is 13.6 Å². The lowest BCUT2D eigenvalue weighted by Crippen LogP contribution is -2.43. The summed E-state index contributed by atoms with van der Waals surface area (Å²) in [6.07, 6.45) is 5.66. The molecule has 21 heavy (non-hydrogen) atoms. The first-order valence-electron chi connectivity index (χ1n) is 7.58. The van der Waals surface area contributed by atoms with E-state index in [1.807, 2.05) is 41.1 Å². The molecule has 1 saturated carbocycles. The molecule has 0 aliphatic heterocycles. The quantitative estimate of drug-likeness (QED) is 0.938. The van der Waals surface area contributed by atoms with Crippen LogP contribution in [0.25, 0.3) is 10.9 Å². The lowest BCUT2D eigenvalue weighted by atomic mass is 10.0. The third-order valence-corrected chi connectivity index (χ3v) is 4.48. The number of fused-ring (bicyclic) bond motifs is 1. The van der Waals surface area contributed by atoms with Gasteiger partial charge in [0.25, 0.3) is 0 Å². The van der Waals surface area contributed by atoms with E-state index in [4.69, 9.17) is 0 Å². The van der Waals surface area contributed by atoms with Crippen molar-refractivity contribution in [3.8, 4) is 0 Å². The van der Waals surface area contributed by atoms with Crippen LogP contribution in [0.4, 0.5) is 0 Å². The van der Waals surface area contributed by atoms with E-state index in [9.17, 15) is 9.90 Å². The summed E-state index contributed by atoms with van der Waals surface area (Å²) >= 11 is 0. The molecule has 0 unspecified atom stereocenters. The van der Waals surface area contributed by atoms with Gasteiger partial charge in [-0.3, -0.25) is 4.79 Å². The number of nitrogens with zero attached hydrogens (tertiary/aromatic N) is 2. The molecule has 1 aliphatic carbocycles. The highest BCUT2D eigenvalue weighted by Gasteiger charge is 2.33. The number of rotatable bonds is 4. The number of aliphatic hydroxyl groups is 1. The van der Waals surface area contributed by atoms with Crippen molar-refractivity contribution in [3.05, 3.63) is 36.5 Å². The van der Waals surface area contributed by atoms with Gasteiger partial charge >= 0.3 is 0 Å². The highest BCUT2D eigenvalue weighted by atomic mass is 16.3. The second kappa shape index (κ2) is 5.53. The maximum Gasteiger partial charge on any atom is 0.242 e. The fourth-order valence-corrected chi connectivity index (χ4v) is 3.27. The van der Waals surface area contributed by atoms with Crippen LogP contribution in [0.5, 0.6) is 0 Å². The van der Waals surface area contributed by atoms with Crippen molar-refractivity contribution in [2.45, 2.75) is 37.8 Å². The normalized spacial score (nSPS) is 17.2. The number of para-hydroxylation sites is 1. The van der Waals surface area contributed by atoms with Gasteiger partial charge in [0.2, 0.25) is 5.91 Å². The zero-order chi connectivity index (χ0) is 14.9. The minimum Gasteiger partial charge on any atom is -0.388 e. The fraction of sp³-hybridized carbons (Fsp3) is 0.471. The molecule has 0 bridgehead atoms. The molecular formula is C17H22N2O2. The number of carbonyl (C=O) groups excluding carboxylic acids is 1. The van der Waals surface area contributed by atoms with Crippen LogP contribution in [0.15, 0.2) is 36.5 Å². The van der Waals surface area contributed by atoms with E-state index >= 15 is 0 Å². The van der Waals surface area contributed by atoms with Crippen molar-refractivity contribution in [1.82, 2.24) is 9.47 Å². The van der Waals surface area contributed by atoms with Crippen molar-refractivity contribution in [2.24, 2.45) is 0 Å². The maximum atomic E-state index is 12.4. The van der Waals surface area contributed by atoms with E-state index in [-0.39, 0.29) is 5.91 Å². The second-order valence-corrected chi connectivity index (χ2v) is 6.18. The summed E-state index contributed by atoms with van der Waals surface area (Å²) in [5.41, 5.74) is 0.391. The van der Waals surface area contributed by atoms with Gasteiger partial charge in [0.1, 0.15) is 6.54 Å². The summed E-state index contributed by atoms with van der Waals surface area (Å²) in [4.78, 5) is 14.0. The first kappa shape index (κ1) is 14.1. The number of hydrogen-bond donors (Lipinski definition) is 1. The molecule has 0 atom stereocenters. The molecule has 1 aromatic heterocycles. The van der Waals surface area contributed by atoms with Crippen LogP contribution < -0.4 is 0 Å². The predicted octanol–water partition coefficient (Wildman–Crippen LogP) is 2.40. The van der Waals surface area contributed by atoms with Gasteiger partial charge in [0, 0.05) is 25.3 Å². The topological polar surface area (TPSA) is 45.5 Å². The van der Waals surface area contributed by atoms with Gasteiger partial charge in [-0.25, -0.2) is 0 Å². The van der Waals surface area contributed by atoms with Crippen LogP contribution in [0, 0.1) is 0 Å². The summed E-state index contributed by atoms with van der Waals surface area (Å²) in [6.45, 7) is 0.755. The van der Waals surface area contributed by atoms with Crippen molar-refractivity contribution in [1.29, 1.82) is 0 Å². The molecule has 0 saturated heterocycles. The van der Waals surface area contributed by atoms with E-state index in [2.05, 4.69) is 0 Å². The van der Waals surface area contributed by atoms with E-state index in [1.165, 1.54) is 0 Å². The van der Waals surface area contributed by atoms with E-state index < -0.39 is 5.60 Å². The van der Waals surface area contributed by atoms with E-state index in [1.54, 1.807) is 11.9 Å². The SMILES string of the molecule is CN(CC1(O)CCCC1)C(=O)Cn1ccc2ccccc21. The summed E-state index contributed by atoms with van der Waals surface area (Å²) in [5.74, 6) is 0.0386. The van der Waals surface area contributed by atoms with Crippen LogP contribution in [-0.2, 0) is 11.3 Å². The lowest BCUT2D eigenvalue weighted by Gasteiger charge is -2.28. The smallest absolute Gasteiger partial charge is 0.242 e. The van der Waals surface area contributed by atoms with Gasteiger partial charge in [-0.1, -0.05) is 31.0 Å².